The van der Waals surface area contributed by atoms with Crippen LogP contribution in [0.25, 0.3) is 0 Å². The molecule has 0 spiro atoms. The van der Waals surface area contributed by atoms with Crippen molar-refractivity contribution in [3.63, 3.8) is 0 Å². The molecule has 2 aromatic rings. The standard InChI is InChI=1S/C18H17FN2O2/c19-15-9-4-5-10-16(15)21(13-20-12-6-11-17(20)22)18(23)14-7-2-1-3-8-14/h1-5,7-10H,6,11-13H2. The fraction of sp³-hybridized carbons (Fsp3) is 0.222. The first-order chi connectivity index (χ1) is 11.2. The molecule has 0 bridgehead atoms. The van der Waals surface area contributed by atoms with Crippen LogP contribution in [0.1, 0.15) is 23.2 Å². The number of hydrogen-bond acceptors (Lipinski definition) is 2. The third-order valence-electron chi connectivity index (χ3n) is 3.89. The maximum absolute atomic E-state index is 14.2. The van der Waals surface area contributed by atoms with Gasteiger partial charge in [-0.1, -0.05) is 30.3 Å². The summed E-state index contributed by atoms with van der Waals surface area (Å²) in [4.78, 5) is 27.6. The van der Waals surface area contributed by atoms with Crippen LogP contribution < -0.4 is 4.90 Å². The molecule has 0 aliphatic carbocycles. The topological polar surface area (TPSA) is 40.6 Å². The smallest absolute Gasteiger partial charge is 0.259 e. The van der Waals surface area contributed by atoms with Crippen molar-refractivity contribution in [1.82, 2.24) is 4.90 Å². The number of nitrogens with zero attached hydrogens (tertiary/aromatic N) is 2. The largest absolute Gasteiger partial charge is 0.324 e. The van der Waals surface area contributed by atoms with E-state index in [0.717, 1.165) is 6.42 Å². The zero-order valence-corrected chi connectivity index (χ0v) is 12.6. The summed E-state index contributed by atoms with van der Waals surface area (Å²) < 4.78 is 14.2. The van der Waals surface area contributed by atoms with Crippen LogP contribution in [0, 0.1) is 5.82 Å². The van der Waals surface area contributed by atoms with E-state index in [1.807, 2.05) is 6.07 Å². The SMILES string of the molecule is O=C1CCCN1CN(C(=O)c1ccccc1)c1ccccc1F. The number of rotatable bonds is 4. The minimum absolute atomic E-state index is 0.00722. The van der Waals surface area contributed by atoms with Crippen molar-refractivity contribution in [3.8, 4) is 0 Å². The van der Waals surface area contributed by atoms with E-state index in [-0.39, 0.29) is 24.2 Å². The molecule has 0 atom stereocenters. The summed E-state index contributed by atoms with van der Waals surface area (Å²) in [6, 6.07) is 14.8. The molecule has 4 nitrogen and oxygen atoms in total. The Balaban J connectivity index is 1.94. The molecule has 0 N–H and O–H groups in total. The van der Waals surface area contributed by atoms with Crippen LogP contribution in [0.5, 0.6) is 0 Å². The average molecular weight is 312 g/mol. The van der Waals surface area contributed by atoms with Crippen molar-refractivity contribution in [1.29, 1.82) is 0 Å². The van der Waals surface area contributed by atoms with Crippen molar-refractivity contribution >= 4 is 17.5 Å². The predicted octanol–water partition coefficient (Wildman–Crippen LogP) is 3.05. The second-order valence-electron chi connectivity index (χ2n) is 5.45. The van der Waals surface area contributed by atoms with Gasteiger partial charge in [-0.25, -0.2) is 4.39 Å². The van der Waals surface area contributed by atoms with Crippen molar-refractivity contribution < 1.29 is 14.0 Å². The molecule has 118 valence electrons. The Hall–Kier alpha value is -2.69. The van der Waals surface area contributed by atoms with Gasteiger partial charge in [-0.2, -0.15) is 0 Å². The lowest BCUT2D eigenvalue weighted by atomic mass is 10.2. The molecule has 0 unspecified atom stereocenters. The van der Waals surface area contributed by atoms with Crippen LogP contribution in [0.3, 0.4) is 0 Å². The van der Waals surface area contributed by atoms with Crippen LogP contribution in [0.2, 0.25) is 0 Å². The van der Waals surface area contributed by atoms with E-state index in [1.165, 1.54) is 11.0 Å². The first-order valence-electron chi connectivity index (χ1n) is 7.56. The maximum Gasteiger partial charge on any atom is 0.259 e. The summed E-state index contributed by atoms with van der Waals surface area (Å²) in [5.41, 5.74) is 0.642. The lowest BCUT2D eigenvalue weighted by molar-refractivity contribution is -0.127. The molecule has 5 heteroatoms. The third kappa shape index (κ3) is 3.23. The fourth-order valence-electron chi connectivity index (χ4n) is 2.68. The van der Waals surface area contributed by atoms with E-state index in [4.69, 9.17) is 0 Å². The highest BCUT2D eigenvalue weighted by Crippen LogP contribution is 2.23. The average Bonchev–Trinajstić information content (AvgIpc) is 2.98. The molecule has 0 saturated carbocycles. The van der Waals surface area contributed by atoms with Crippen molar-refractivity contribution in [2.45, 2.75) is 12.8 Å². The highest BCUT2D eigenvalue weighted by Gasteiger charge is 2.27. The molecular formula is C18H17FN2O2. The number of halogens is 1. The number of para-hydroxylation sites is 1. The molecule has 1 aliphatic heterocycles. The molecule has 1 saturated heterocycles. The van der Waals surface area contributed by atoms with Gasteiger partial charge in [0.25, 0.3) is 5.91 Å². The molecule has 1 fully saturated rings. The molecule has 2 aromatic carbocycles. The maximum atomic E-state index is 14.2. The van der Waals surface area contributed by atoms with E-state index < -0.39 is 5.82 Å². The molecule has 1 heterocycles. The minimum Gasteiger partial charge on any atom is -0.324 e. The Morgan fingerprint density at radius 1 is 1.09 bits per heavy atom. The number of benzene rings is 2. The molecule has 1 aliphatic rings. The highest BCUT2D eigenvalue weighted by atomic mass is 19.1. The summed E-state index contributed by atoms with van der Waals surface area (Å²) in [6.45, 7) is 0.652. The van der Waals surface area contributed by atoms with Gasteiger partial charge in [-0.05, 0) is 30.7 Å². The summed E-state index contributed by atoms with van der Waals surface area (Å²) >= 11 is 0. The monoisotopic (exact) mass is 312 g/mol. The lowest BCUT2D eigenvalue weighted by Crippen LogP contribution is -2.42. The van der Waals surface area contributed by atoms with E-state index in [1.54, 1.807) is 47.4 Å². The molecular weight excluding hydrogens is 295 g/mol. The predicted molar refractivity (Wildman–Crippen MR) is 85.5 cm³/mol. The fourth-order valence-corrected chi connectivity index (χ4v) is 2.68. The Labute approximate surface area is 134 Å². The number of anilines is 1. The highest BCUT2D eigenvalue weighted by molar-refractivity contribution is 6.06. The molecule has 0 aromatic heterocycles. The number of amides is 2. The van der Waals surface area contributed by atoms with Gasteiger partial charge in [-0.3, -0.25) is 14.5 Å². The number of carbonyl (C=O) groups excluding carboxylic acids is 2. The zero-order valence-electron chi connectivity index (χ0n) is 12.6. The number of carbonyl (C=O) groups is 2. The van der Waals surface area contributed by atoms with Gasteiger partial charge in [0, 0.05) is 18.5 Å². The Kier molecular flexibility index (Phi) is 4.37. The van der Waals surface area contributed by atoms with E-state index in [0.29, 0.717) is 18.5 Å². The van der Waals surface area contributed by atoms with Gasteiger partial charge in [-0.15, -0.1) is 0 Å². The van der Waals surface area contributed by atoms with Gasteiger partial charge in [0.2, 0.25) is 5.91 Å². The van der Waals surface area contributed by atoms with Crippen molar-refractivity contribution in [2.75, 3.05) is 18.1 Å². The normalized spacial score (nSPS) is 14.1. The first-order valence-corrected chi connectivity index (χ1v) is 7.56. The van der Waals surface area contributed by atoms with Gasteiger partial charge < -0.3 is 4.90 Å². The van der Waals surface area contributed by atoms with Crippen LogP contribution in [-0.2, 0) is 4.79 Å². The van der Waals surface area contributed by atoms with Crippen LogP contribution in [-0.4, -0.2) is 29.9 Å². The van der Waals surface area contributed by atoms with Crippen molar-refractivity contribution in [2.24, 2.45) is 0 Å². The first kappa shape index (κ1) is 15.2. The summed E-state index contributed by atoms with van der Waals surface area (Å²) in [5, 5.41) is 0. The minimum atomic E-state index is -0.483. The Morgan fingerprint density at radius 3 is 2.43 bits per heavy atom. The molecule has 23 heavy (non-hydrogen) atoms. The second-order valence-corrected chi connectivity index (χ2v) is 5.45. The van der Waals surface area contributed by atoms with Gasteiger partial charge in [0.1, 0.15) is 12.5 Å². The summed E-state index contributed by atoms with van der Waals surface area (Å²) in [7, 11) is 0. The molecule has 3 rings (SSSR count). The van der Waals surface area contributed by atoms with E-state index >= 15 is 0 Å². The van der Waals surface area contributed by atoms with Crippen LogP contribution in [0.15, 0.2) is 54.6 Å². The lowest BCUT2D eigenvalue weighted by Gasteiger charge is -2.28. The summed E-state index contributed by atoms with van der Waals surface area (Å²) in [6.07, 6.45) is 1.24. The third-order valence-corrected chi connectivity index (χ3v) is 3.89. The number of hydrogen-bond donors (Lipinski definition) is 0. The Morgan fingerprint density at radius 2 is 1.78 bits per heavy atom. The molecule has 2 amide bonds. The quantitative estimate of drug-likeness (QED) is 0.870. The van der Waals surface area contributed by atoms with Gasteiger partial charge in [0.15, 0.2) is 0 Å². The van der Waals surface area contributed by atoms with E-state index in [9.17, 15) is 14.0 Å². The second kappa shape index (κ2) is 6.60. The summed E-state index contributed by atoms with van der Waals surface area (Å²) in [5.74, 6) is -0.814. The van der Waals surface area contributed by atoms with Gasteiger partial charge in [0.05, 0.1) is 5.69 Å². The van der Waals surface area contributed by atoms with Crippen LogP contribution in [0.4, 0.5) is 10.1 Å². The molecule has 0 radical (unpaired) electrons. The zero-order chi connectivity index (χ0) is 16.2. The van der Waals surface area contributed by atoms with E-state index in [2.05, 4.69) is 0 Å². The van der Waals surface area contributed by atoms with Gasteiger partial charge >= 0.3 is 0 Å². The van der Waals surface area contributed by atoms with Crippen molar-refractivity contribution in [3.05, 3.63) is 66.0 Å². The Bertz CT molecular complexity index is 718. The number of likely N-dealkylation sites (tertiary alicyclic amines) is 1. The van der Waals surface area contributed by atoms with Crippen LogP contribution >= 0.6 is 0 Å².